The SMILES string of the molecule is Cc1ccccc1OCC(=O)N(CCC#N)CCc1ccccc1. The van der Waals surface area contributed by atoms with Crippen LogP contribution in [0.5, 0.6) is 5.75 Å². The van der Waals surface area contributed by atoms with Gasteiger partial charge in [-0.15, -0.1) is 0 Å². The molecule has 0 saturated carbocycles. The number of aryl methyl sites for hydroxylation is 1. The van der Waals surface area contributed by atoms with E-state index in [2.05, 4.69) is 6.07 Å². The Morgan fingerprint density at radius 3 is 2.50 bits per heavy atom. The third-order valence-electron chi connectivity index (χ3n) is 3.80. The maximum atomic E-state index is 12.4. The van der Waals surface area contributed by atoms with Crippen molar-refractivity contribution in [2.75, 3.05) is 19.7 Å². The predicted octanol–water partition coefficient (Wildman–Crippen LogP) is 3.36. The summed E-state index contributed by atoms with van der Waals surface area (Å²) in [5.74, 6) is 0.624. The number of nitrogens with zero attached hydrogens (tertiary/aromatic N) is 2. The van der Waals surface area contributed by atoms with Gasteiger partial charge in [0, 0.05) is 13.1 Å². The number of hydrogen-bond acceptors (Lipinski definition) is 3. The number of carbonyl (C=O) groups is 1. The van der Waals surface area contributed by atoms with E-state index in [1.165, 1.54) is 5.56 Å². The van der Waals surface area contributed by atoms with Gasteiger partial charge in [-0.05, 0) is 30.5 Å². The first-order chi connectivity index (χ1) is 11.7. The van der Waals surface area contributed by atoms with Gasteiger partial charge in [0.15, 0.2) is 6.61 Å². The van der Waals surface area contributed by atoms with Crippen molar-refractivity contribution in [3.63, 3.8) is 0 Å². The first-order valence-electron chi connectivity index (χ1n) is 8.08. The Kier molecular flexibility index (Phi) is 6.85. The molecule has 0 bridgehead atoms. The van der Waals surface area contributed by atoms with Crippen LogP contribution in [-0.4, -0.2) is 30.5 Å². The van der Waals surface area contributed by atoms with Gasteiger partial charge in [-0.1, -0.05) is 48.5 Å². The Morgan fingerprint density at radius 1 is 1.08 bits per heavy atom. The van der Waals surface area contributed by atoms with E-state index in [4.69, 9.17) is 10.00 Å². The fraction of sp³-hybridized carbons (Fsp3) is 0.300. The topological polar surface area (TPSA) is 53.3 Å². The van der Waals surface area contributed by atoms with Crippen molar-refractivity contribution in [2.45, 2.75) is 19.8 Å². The van der Waals surface area contributed by atoms with Crippen LogP contribution in [0.4, 0.5) is 0 Å². The monoisotopic (exact) mass is 322 g/mol. The molecule has 24 heavy (non-hydrogen) atoms. The smallest absolute Gasteiger partial charge is 0.260 e. The molecule has 2 aromatic rings. The molecule has 0 spiro atoms. The van der Waals surface area contributed by atoms with E-state index in [9.17, 15) is 4.79 Å². The Balaban J connectivity index is 1.92. The van der Waals surface area contributed by atoms with Gasteiger partial charge in [-0.25, -0.2) is 0 Å². The van der Waals surface area contributed by atoms with Gasteiger partial charge < -0.3 is 9.64 Å². The Morgan fingerprint density at radius 2 is 1.79 bits per heavy atom. The first kappa shape index (κ1) is 17.6. The molecule has 0 aromatic heterocycles. The molecule has 4 heteroatoms. The molecule has 0 unspecified atom stereocenters. The quantitative estimate of drug-likeness (QED) is 0.749. The molecule has 0 radical (unpaired) electrons. The minimum absolute atomic E-state index is 0.00886. The summed E-state index contributed by atoms with van der Waals surface area (Å²) in [4.78, 5) is 14.1. The number of para-hydroxylation sites is 1. The van der Waals surface area contributed by atoms with Crippen molar-refractivity contribution < 1.29 is 9.53 Å². The van der Waals surface area contributed by atoms with E-state index in [0.29, 0.717) is 25.3 Å². The van der Waals surface area contributed by atoms with Gasteiger partial charge in [0.2, 0.25) is 0 Å². The van der Waals surface area contributed by atoms with E-state index < -0.39 is 0 Å². The summed E-state index contributed by atoms with van der Waals surface area (Å²) in [6, 6.07) is 19.7. The highest BCUT2D eigenvalue weighted by Crippen LogP contribution is 2.16. The van der Waals surface area contributed by atoms with Crippen LogP contribution in [0.25, 0.3) is 0 Å². The summed E-state index contributed by atoms with van der Waals surface area (Å²) in [5.41, 5.74) is 2.17. The molecule has 2 rings (SSSR count). The Bertz CT molecular complexity index is 692. The molecule has 0 fully saturated rings. The Hall–Kier alpha value is -2.80. The second-order valence-electron chi connectivity index (χ2n) is 5.58. The van der Waals surface area contributed by atoms with Crippen molar-refractivity contribution >= 4 is 5.91 Å². The number of benzene rings is 2. The summed E-state index contributed by atoms with van der Waals surface area (Å²) in [7, 11) is 0. The highest BCUT2D eigenvalue weighted by molar-refractivity contribution is 5.77. The van der Waals surface area contributed by atoms with Crippen LogP contribution in [0.2, 0.25) is 0 Å². The van der Waals surface area contributed by atoms with Gasteiger partial charge in [0.25, 0.3) is 5.91 Å². The summed E-state index contributed by atoms with van der Waals surface area (Å²) in [6.07, 6.45) is 1.09. The summed E-state index contributed by atoms with van der Waals surface area (Å²) in [6.45, 7) is 2.95. The molecule has 1 amide bonds. The maximum absolute atomic E-state index is 12.4. The van der Waals surface area contributed by atoms with Crippen LogP contribution in [0.15, 0.2) is 54.6 Å². The van der Waals surface area contributed by atoms with Gasteiger partial charge >= 0.3 is 0 Å². The van der Waals surface area contributed by atoms with Gasteiger partial charge in [-0.2, -0.15) is 5.26 Å². The minimum atomic E-state index is -0.0931. The van der Waals surface area contributed by atoms with Crippen LogP contribution in [0.3, 0.4) is 0 Å². The van der Waals surface area contributed by atoms with E-state index in [1.54, 1.807) is 4.90 Å². The minimum Gasteiger partial charge on any atom is -0.484 e. The number of nitriles is 1. The van der Waals surface area contributed by atoms with Crippen molar-refractivity contribution in [3.05, 3.63) is 65.7 Å². The fourth-order valence-corrected chi connectivity index (χ4v) is 2.40. The van der Waals surface area contributed by atoms with Crippen LogP contribution < -0.4 is 4.74 Å². The lowest BCUT2D eigenvalue weighted by atomic mass is 10.1. The maximum Gasteiger partial charge on any atom is 0.260 e. The summed E-state index contributed by atoms with van der Waals surface area (Å²) < 4.78 is 5.64. The number of carbonyl (C=O) groups excluding carboxylic acids is 1. The Labute approximate surface area is 143 Å². The molecule has 4 nitrogen and oxygen atoms in total. The fourth-order valence-electron chi connectivity index (χ4n) is 2.40. The van der Waals surface area contributed by atoms with Crippen molar-refractivity contribution in [2.24, 2.45) is 0 Å². The van der Waals surface area contributed by atoms with E-state index in [1.807, 2.05) is 61.5 Å². The predicted molar refractivity (Wildman–Crippen MR) is 93.6 cm³/mol. The van der Waals surface area contributed by atoms with Crippen molar-refractivity contribution in [1.29, 1.82) is 5.26 Å². The molecule has 0 N–H and O–H groups in total. The van der Waals surface area contributed by atoms with E-state index in [-0.39, 0.29) is 12.5 Å². The van der Waals surface area contributed by atoms with Crippen LogP contribution in [-0.2, 0) is 11.2 Å². The third kappa shape index (κ3) is 5.44. The second-order valence-corrected chi connectivity index (χ2v) is 5.58. The zero-order valence-electron chi connectivity index (χ0n) is 13.9. The molecule has 2 aromatic carbocycles. The van der Waals surface area contributed by atoms with E-state index >= 15 is 0 Å². The lowest BCUT2D eigenvalue weighted by Gasteiger charge is -2.22. The summed E-state index contributed by atoms with van der Waals surface area (Å²) >= 11 is 0. The van der Waals surface area contributed by atoms with Gasteiger partial charge in [-0.3, -0.25) is 4.79 Å². The molecule has 124 valence electrons. The largest absolute Gasteiger partial charge is 0.484 e. The second kappa shape index (κ2) is 9.36. The molecule has 0 atom stereocenters. The summed E-state index contributed by atoms with van der Waals surface area (Å²) in [5, 5.41) is 8.81. The molecule has 0 aliphatic carbocycles. The third-order valence-corrected chi connectivity index (χ3v) is 3.80. The van der Waals surface area contributed by atoms with Crippen molar-refractivity contribution in [1.82, 2.24) is 4.90 Å². The van der Waals surface area contributed by atoms with Gasteiger partial charge in [0.1, 0.15) is 5.75 Å². The zero-order chi connectivity index (χ0) is 17.2. The average molecular weight is 322 g/mol. The molecule has 0 heterocycles. The first-order valence-corrected chi connectivity index (χ1v) is 8.08. The highest BCUT2D eigenvalue weighted by atomic mass is 16.5. The average Bonchev–Trinajstić information content (AvgIpc) is 2.62. The van der Waals surface area contributed by atoms with Gasteiger partial charge in [0.05, 0.1) is 12.5 Å². The van der Waals surface area contributed by atoms with Crippen LogP contribution in [0, 0.1) is 18.3 Å². The molecule has 0 aliphatic heterocycles. The standard InChI is InChI=1S/C20H22N2O2/c1-17-8-5-6-11-19(17)24-16-20(23)22(14-7-13-21)15-12-18-9-3-2-4-10-18/h2-6,8-11H,7,12,14-16H2,1H3. The molecular formula is C20H22N2O2. The highest BCUT2D eigenvalue weighted by Gasteiger charge is 2.14. The lowest BCUT2D eigenvalue weighted by molar-refractivity contribution is -0.133. The normalized spacial score (nSPS) is 10.0. The molecular weight excluding hydrogens is 300 g/mol. The molecule has 0 aliphatic rings. The number of ether oxygens (including phenoxy) is 1. The molecule has 0 saturated heterocycles. The van der Waals surface area contributed by atoms with Crippen LogP contribution >= 0.6 is 0 Å². The number of rotatable bonds is 8. The van der Waals surface area contributed by atoms with E-state index in [0.717, 1.165) is 12.0 Å². The van der Waals surface area contributed by atoms with Crippen LogP contribution in [0.1, 0.15) is 17.5 Å². The number of hydrogen-bond donors (Lipinski definition) is 0. The lowest BCUT2D eigenvalue weighted by Crippen LogP contribution is -2.37. The zero-order valence-corrected chi connectivity index (χ0v) is 13.9. The van der Waals surface area contributed by atoms with Crippen molar-refractivity contribution in [3.8, 4) is 11.8 Å². The number of amides is 1.